The Kier molecular flexibility index (Phi) is 3.22. The predicted molar refractivity (Wildman–Crippen MR) is 66.3 cm³/mol. The molecular formula is C13H20N2O4. The van der Waals surface area contributed by atoms with E-state index in [1.54, 1.807) is 0 Å². The van der Waals surface area contributed by atoms with Crippen LogP contribution in [0.5, 0.6) is 0 Å². The van der Waals surface area contributed by atoms with Gasteiger partial charge in [-0.1, -0.05) is 0 Å². The average molecular weight is 268 g/mol. The summed E-state index contributed by atoms with van der Waals surface area (Å²) in [7, 11) is 0. The summed E-state index contributed by atoms with van der Waals surface area (Å²) in [5, 5.41) is 9.19. The number of amides is 1. The highest BCUT2D eigenvalue weighted by Crippen LogP contribution is 2.48. The highest BCUT2D eigenvalue weighted by Gasteiger charge is 2.51. The standard InChI is InChI=1S/C13H20N2O4/c14-11-8-2-1-7(5-8)10(11)12(16)15-3-4-19-6-9(15)13(17)18/h7-11H,1-6,14H2,(H,17,18). The van der Waals surface area contributed by atoms with Crippen molar-refractivity contribution >= 4 is 11.9 Å². The summed E-state index contributed by atoms with van der Waals surface area (Å²) in [6.07, 6.45) is 3.19. The molecule has 6 nitrogen and oxygen atoms in total. The minimum absolute atomic E-state index is 0.0737. The summed E-state index contributed by atoms with van der Waals surface area (Å²) in [5.74, 6) is -0.452. The molecule has 1 saturated heterocycles. The monoisotopic (exact) mass is 268 g/mol. The first-order valence-electron chi connectivity index (χ1n) is 6.96. The van der Waals surface area contributed by atoms with Crippen LogP contribution in [0.4, 0.5) is 0 Å². The Hall–Kier alpha value is -1.14. The highest BCUT2D eigenvalue weighted by atomic mass is 16.5. The molecule has 0 aromatic carbocycles. The van der Waals surface area contributed by atoms with Crippen molar-refractivity contribution in [3.63, 3.8) is 0 Å². The minimum atomic E-state index is -0.996. The molecular weight excluding hydrogens is 248 g/mol. The van der Waals surface area contributed by atoms with Gasteiger partial charge in [-0.2, -0.15) is 0 Å². The van der Waals surface area contributed by atoms with Gasteiger partial charge in [0.2, 0.25) is 5.91 Å². The maximum Gasteiger partial charge on any atom is 0.328 e. The second kappa shape index (κ2) is 4.76. The van der Waals surface area contributed by atoms with Crippen LogP contribution in [-0.4, -0.2) is 53.7 Å². The highest BCUT2D eigenvalue weighted by molar-refractivity contribution is 5.86. The van der Waals surface area contributed by atoms with E-state index in [-0.39, 0.29) is 24.5 Å². The normalized spacial score (nSPS) is 41.5. The van der Waals surface area contributed by atoms with Gasteiger partial charge in [0, 0.05) is 12.6 Å². The molecule has 2 bridgehead atoms. The molecule has 0 spiro atoms. The lowest BCUT2D eigenvalue weighted by molar-refractivity contribution is -0.161. The van der Waals surface area contributed by atoms with Crippen molar-refractivity contribution < 1.29 is 19.4 Å². The number of hydrogen-bond donors (Lipinski definition) is 2. The second-order valence-electron chi connectivity index (χ2n) is 5.90. The van der Waals surface area contributed by atoms with E-state index in [0.29, 0.717) is 25.0 Å². The van der Waals surface area contributed by atoms with Crippen molar-refractivity contribution in [1.29, 1.82) is 0 Å². The van der Waals surface area contributed by atoms with Gasteiger partial charge in [-0.25, -0.2) is 4.79 Å². The van der Waals surface area contributed by atoms with Crippen LogP contribution in [0.1, 0.15) is 19.3 Å². The molecule has 3 rings (SSSR count). The molecule has 0 aromatic rings. The largest absolute Gasteiger partial charge is 0.480 e. The third kappa shape index (κ3) is 2.03. The first-order valence-corrected chi connectivity index (χ1v) is 6.96. The summed E-state index contributed by atoms with van der Waals surface area (Å²) >= 11 is 0. The predicted octanol–water partition coefficient (Wildman–Crippen LogP) is -0.328. The summed E-state index contributed by atoms with van der Waals surface area (Å²) in [4.78, 5) is 25.3. The quantitative estimate of drug-likeness (QED) is 0.715. The van der Waals surface area contributed by atoms with Gasteiger partial charge in [-0.15, -0.1) is 0 Å². The fourth-order valence-corrected chi connectivity index (χ4v) is 3.97. The van der Waals surface area contributed by atoms with Gasteiger partial charge in [0.25, 0.3) is 0 Å². The number of carboxylic acids is 1. The van der Waals surface area contributed by atoms with Crippen LogP contribution in [0.25, 0.3) is 0 Å². The number of nitrogens with two attached hydrogens (primary N) is 1. The summed E-state index contributed by atoms with van der Waals surface area (Å²) in [5.41, 5.74) is 6.17. The molecule has 2 saturated carbocycles. The van der Waals surface area contributed by atoms with Gasteiger partial charge in [-0.05, 0) is 31.1 Å². The molecule has 2 aliphatic carbocycles. The van der Waals surface area contributed by atoms with Gasteiger partial charge in [0.05, 0.1) is 19.1 Å². The molecule has 1 heterocycles. The number of ether oxygens (including phenoxy) is 1. The molecule has 5 unspecified atom stereocenters. The van der Waals surface area contributed by atoms with E-state index in [9.17, 15) is 14.7 Å². The molecule has 5 atom stereocenters. The van der Waals surface area contributed by atoms with E-state index in [1.165, 1.54) is 4.90 Å². The fourth-order valence-electron chi connectivity index (χ4n) is 3.97. The number of carboxylic acid groups (broad SMARTS) is 1. The zero-order valence-corrected chi connectivity index (χ0v) is 10.8. The Balaban J connectivity index is 1.77. The lowest BCUT2D eigenvalue weighted by atomic mass is 9.83. The van der Waals surface area contributed by atoms with Crippen molar-refractivity contribution in [2.24, 2.45) is 23.5 Å². The fraction of sp³-hybridized carbons (Fsp3) is 0.846. The Morgan fingerprint density at radius 1 is 1.26 bits per heavy atom. The molecule has 1 aliphatic heterocycles. The number of morpholine rings is 1. The van der Waals surface area contributed by atoms with Crippen molar-refractivity contribution in [3.8, 4) is 0 Å². The maximum absolute atomic E-state index is 12.6. The number of nitrogens with zero attached hydrogens (tertiary/aromatic N) is 1. The zero-order chi connectivity index (χ0) is 13.6. The molecule has 6 heteroatoms. The topological polar surface area (TPSA) is 92.9 Å². The Labute approximate surface area is 111 Å². The van der Waals surface area contributed by atoms with Crippen LogP contribution in [0, 0.1) is 17.8 Å². The van der Waals surface area contributed by atoms with Crippen LogP contribution >= 0.6 is 0 Å². The number of fused-ring (bicyclic) bond motifs is 2. The first kappa shape index (κ1) is 12.9. The minimum Gasteiger partial charge on any atom is -0.480 e. The van der Waals surface area contributed by atoms with Gasteiger partial charge in [0.15, 0.2) is 6.04 Å². The number of aliphatic carboxylic acids is 1. The van der Waals surface area contributed by atoms with E-state index < -0.39 is 12.0 Å². The van der Waals surface area contributed by atoms with E-state index in [0.717, 1.165) is 19.3 Å². The number of hydrogen-bond acceptors (Lipinski definition) is 4. The van der Waals surface area contributed by atoms with Crippen LogP contribution in [0.15, 0.2) is 0 Å². The summed E-state index contributed by atoms with van der Waals surface area (Å²) in [6, 6.07) is -0.948. The zero-order valence-electron chi connectivity index (χ0n) is 10.8. The second-order valence-corrected chi connectivity index (χ2v) is 5.90. The lowest BCUT2D eigenvalue weighted by Gasteiger charge is -2.37. The number of carbonyl (C=O) groups excluding carboxylic acids is 1. The molecule has 1 amide bonds. The van der Waals surface area contributed by atoms with Gasteiger partial charge >= 0.3 is 5.97 Å². The third-order valence-electron chi connectivity index (χ3n) is 4.96. The van der Waals surface area contributed by atoms with Crippen molar-refractivity contribution in [2.45, 2.75) is 31.3 Å². The van der Waals surface area contributed by atoms with Gasteiger partial charge in [-0.3, -0.25) is 4.79 Å². The van der Waals surface area contributed by atoms with Crippen LogP contribution in [-0.2, 0) is 14.3 Å². The summed E-state index contributed by atoms with van der Waals surface area (Å²) < 4.78 is 5.17. The van der Waals surface area contributed by atoms with Crippen LogP contribution in [0.2, 0.25) is 0 Å². The van der Waals surface area contributed by atoms with Crippen molar-refractivity contribution in [2.75, 3.05) is 19.8 Å². The number of carbonyl (C=O) groups is 2. The molecule has 3 N–H and O–H groups in total. The van der Waals surface area contributed by atoms with Crippen molar-refractivity contribution in [1.82, 2.24) is 4.90 Å². The third-order valence-corrected chi connectivity index (χ3v) is 4.96. The Bertz CT molecular complexity index is 398. The van der Waals surface area contributed by atoms with Crippen LogP contribution in [0.3, 0.4) is 0 Å². The van der Waals surface area contributed by atoms with Gasteiger partial charge < -0.3 is 20.5 Å². The van der Waals surface area contributed by atoms with E-state index in [2.05, 4.69) is 0 Å². The number of rotatable bonds is 2. The molecule has 3 aliphatic rings. The first-order chi connectivity index (χ1) is 9.09. The van der Waals surface area contributed by atoms with E-state index in [1.807, 2.05) is 0 Å². The lowest BCUT2D eigenvalue weighted by Crippen LogP contribution is -2.57. The molecule has 106 valence electrons. The van der Waals surface area contributed by atoms with Gasteiger partial charge in [0.1, 0.15) is 0 Å². The SMILES string of the molecule is NC1C2CCC(C2)C1C(=O)N1CCOCC1C(=O)O. The Morgan fingerprint density at radius 3 is 2.63 bits per heavy atom. The smallest absolute Gasteiger partial charge is 0.328 e. The van der Waals surface area contributed by atoms with E-state index in [4.69, 9.17) is 10.5 Å². The molecule has 19 heavy (non-hydrogen) atoms. The Morgan fingerprint density at radius 2 is 2.00 bits per heavy atom. The molecule has 3 fully saturated rings. The summed E-state index contributed by atoms with van der Waals surface area (Å²) in [6.45, 7) is 0.846. The van der Waals surface area contributed by atoms with Crippen LogP contribution < -0.4 is 5.73 Å². The molecule has 0 aromatic heterocycles. The average Bonchev–Trinajstić information content (AvgIpc) is 2.98. The van der Waals surface area contributed by atoms with Crippen molar-refractivity contribution in [3.05, 3.63) is 0 Å². The van der Waals surface area contributed by atoms with E-state index >= 15 is 0 Å². The molecule has 0 radical (unpaired) electrons. The maximum atomic E-state index is 12.6.